The molecular formula is C21H18ClN5O3S. The number of nitrogens with zero attached hydrogens (tertiary/aromatic N) is 2. The zero-order chi connectivity index (χ0) is 21.8. The van der Waals surface area contributed by atoms with Crippen LogP contribution in [0.4, 0.5) is 5.82 Å². The lowest BCUT2D eigenvalue weighted by Gasteiger charge is -2.14. The van der Waals surface area contributed by atoms with Crippen LogP contribution in [0.3, 0.4) is 0 Å². The lowest BCUT2D eigenvalue weighted by Crippen LogP contribution is -2.24. The van der Waals surface area contributed by atoms with E-state index in [-0.39, 0.29) is 17.5 Å². The number of allylic oxidation sites excluding steroid dienone is 4. The molecule has 0 aromatic carbocycles. The summed E-state index contributed by atoms with van der Waals surface area (Å²) in [7, 11) is 0. The quantitative estimate of drug-likeness (QED) is 0.636. The summed E-state index contributed by atoms with van der Waals surface area (Å²) in [5.74, 6) is -0.443. The van der Waals surface area contributed by atoms with Crippen LogP contribution in [0.25, 0.3) is 0 Å². The second-order valence-corrected chi connectivity index (χ2v) is 7.98. The van der Waals surface area contributed by atoms with Crippen molar-refractivity contribution in [3.05, 3.63) is 80.9 Å². The van der Waals surface area contributed by atoms with E-state index in [0.29, 0.717) is 41.0 Å². The van der Waals surface area contributed by atoms with Crippen LogP contribution < -0.4 is 10.6 Å². The maximum atomic E-state index is 12.8. The van der Waals surface area contributed by atoms with E-state index in [0.717, 1.165) is 5.70 Å². The minimum absolute atomic E-state index is 0.112. The van der Waals surface area contributed by atoms with Crippen LogP contribution >= 0.6 is 22.9 Å². The number of anilines is 1. The highest BCUT2D eigenvalue weighted by atomic mass is 35.5. The summed E-state index contributed by atoms with van der Waals surface area (Å²) in [4.78, 5) is 31.6. The van der Waals surface area contributed by atoms with Gasteiger partial charge in [-0.2, -0.15) is 0 Å². The molecule has 1 saturated heterocycles. The fourth-order valence-electron chi connectivity index (χ4n) is 3.05. The molecule has 0 atom stereocenters. The minimum Gasteiger partial charge on any atom is -0.463 e. The fourth-order valence-corrected chi connectivity index (χ4v) is 3.95. The first-order valence-corrected chi connectivity index (χ1v) is 10.6. The van der Waals surface area contributed by atoms with Gasteiger partial charge < -0.3 is 15.4 Å². The molecule has 3 heterocycles. The van der Waals surface area contributed by atoms with Crippen molar-refractivity contribution in [2.24, 2.45) is 0 Å². The Morgan fingerprint density at radius 2 is 2.06 bits per heavy atom. The summed E-state index contributed by atoms with van der Waals surface area (Å²) in [6, 6.07) is 4.92. The van der Waals surface area contributed by atoms with Gasteiger partial charge in [0.2, 0.25) is 0 Å². The monoisotopic (exact) mass is 455 g/mol. The van der Waals surface area contributed by atoms with E-state index < -0.39 is 5.91 Å². The summed E-state index contributed by atoms with van der Waals surface area (Å²) in [5, 5.41) is 15.5. The van der Waals surface area contributed by atoms with Crippen LogP contribution in [-0.2, 0) is 4.74 Å². The van der Waals surface area contributed by atoms with Crippen molar-refractivity contribution in [2.75, 3.05) is 18.5 Å². The van der Waals surface area contributed by atoms with E-state index in [1.807, 2.05) is 18.2 Å². The predicted molar refractivity (Wildman–Crippen MR) is 119 cm³/mol. The van der Waals surface area contributed by atoms with E-state index in [1.54, 1.807) is 34.6 Å². The number of rotatable bonds is 5. The van der Waals surface area contributed by atoms with Crippen LogP contribution in [0.1, 0.15) is 26.5 Å². The highest BCUT2D eigenvalue weighted by Gasteiger charge is 2.22. The van der Waals surface area contributed by atoms with Crippen LogP contribution in [0.5, 0.6) is 0 Å². The first-order chi connectivity index (χ1) is 15.0. The van der Waals surface area contributed by atoms with Crippen LogP contribution in [-0.4, -0.2) is 40.9 Å². The number of aromatic nitrogens is 1. The molecule has 0 radical (unpaired) electrons. The first-order valence-electron chi connectivity index (χ1n) is 9.39. The number of amidine groups is 1. The van der Waals surface area contributed by atoms with E-state index >= 15 is 0 Å². The first kappa shape index (κ1) is 20.8. The van der Waals surface area contributed by atoms with Crippen LogP contribution in [0.15, 0.2) is 65.5 Å². The van der Waals surface area contributed by atoms with Crippen molar-refractivity contribution in [2.45, 2.75) is 6.42 Å². The van der Waals surface area contributed by atoms with Gasteiger partial charge in [0.25, 0.3) is 17.8 Å². The summed E-state index contributed by atoms with van der Waals surface area (Å²) < 4.78 is 5.18. The third kappa shape index (κ3) is 4.84. The molecule has 10 heteroatoms. The number of hydrogen-bond donors (Lipinski definition) is 3. The summed E-state index contributed by atoms with van der Waals surface area (Å²) >= 11 is 7.00. The molecule has 8 nitrogen and oxygen atoms in total. The molecule has 0 saturated carbocycles. The molecule has 1 fully saturated rings. The second kappa shape index (κ2) is 9.15. The Balaban J connectivity index is 1.45. The molecular weight excluding hydrogens is 438 g/mol. The van der Waals surface area contributed by atoms with Gasteiger partial charge in [-0.15, -0.1) is 11.3 Å². The summed E-state index contributed by atoms with van der Waals surface area (Å²) in [5.41, 5.74) is 1.77. The van der Waals surface area contributed by atoms with E-state index in [9.17, 15) is 9.59 Å². The van der Waals surface area contributed by atoms with Crippen molar-refractivity contribution < 1.29 is 14.3 Å². The minimum atomic E-state index is -0.425. The molecule has 1 aliphatic heterocycles. The Bertz CT molecular complexity index is 1120. The zero-order valence-electron chi connectivity index (χ0n) is 16.2. The van der Waals surface area contributed by atoms with Gasteiger partial charge in [0.05, 0.1) is 17.1 Å². The Kier molecular flexibility index (Phi) is 6.15. The Morgan fingerprint density at radius 3 is 2.81 bits per heavy atom. The lowest BCUT2D eigenvalue weighted by atomic mass is 10.2. The topological polar surface area (TPSA) is 107 Å². The number of nitrogens with one attached hydrogen (secondary N) is 3. The molecule has 1 aliphatic carbocycles. The van der Waals surface area contributed by atoms with E-state index in [4.69, 9.17) is 21.7 Å². The molecule has 2 aromatic rings. The molecule has 31 heavy (non-hydrogen) atoms. The highest BCUT2D eigenvalue weighted by Crippen LogP contribution is 2.21. The van der Waals surface area contributed by atoms with Gasteiger partial charge in [0, 0.05) is 24.0 Å². The Labute approximate surface area is 187 Å². The molecule has 0 bridgehead atoms. The predicted octanol–water partition coefficient (Wildman–Crippen LogP) is 3.77. The standard InChI is InChI=1S/C21H18ClN5O3S/c22-13-4-7-17(24-12-13)26-19(28)16-8-11-31-18(16)20(29)25-14-2-1-3-15(6-5-14)27-9-10-30-21(27)23/h1,3-8,11-12,23H,2,9-10H2,(H,25,29)(H,24,26,28). The molecule has 0 spiro atoms. The van der Waals surface area contributed by atoms with Gasteiger partial charge in [-0.1, -0.05) is 17.7 Å². The number of carbonyl (C=O) groups excluding carboxylic acids is 2. The average molecular weight is 456 g/mol. The van der Waals surface area contributed by atoms with Crippen molar-refractivity contribution in [1.82, 2.24) is 15.2 Å². The van der Waals surface area contributed by atoms with Crippen LogP contribution in [0.2, 0.25) is 5.02 Å². The van der Waals surface area contributed by atoms with Gasteiger partial charge in [0.15, 0.2) is 0 Å². The van der Waals surface area contributed by atoms with Gasteiger partial charge >= 0.3 is 0 Å². The largest absolute Gasteiger partial charge is 0.463 e. The molecule has 158 valence electrons. The third-order valence-corrected chi connectivity index (χ3v) is 5.69. The number of hydrogen-bond acceptors (Lipinski definition) is 6. The van der Waals surface area contributed by atoms with Gasteiger partial charge in [-0.05, 0) is 41.8 Å². The third-order valence-electron chi connectivity index (χ3n) is 4.55. The van der Waals surface area contributed by atoms with Crippen LogP contribution in [0, 0.1) is 5.41 Å². The maximum absolute atomic E-state index is 12.8. The smallest absolute Gasteiger partial charge is 0.289 e. The number of thiophene rings is 1. The normalized spacial score (nSPS) is 15.6. The molecule has 0 unspecified atom stereocenters. The molecule has 2 aliphatic rings. The SMILES string of the molecule is N=C1OCCN1C1=CC=C(NC(=O)c2sccc2C(=O)Nc2ccc(Cl)cn2)CC=C1. The highest BCUT2D eigenvalue weighted by molar-refractivity contribution is 7.12. The number of carbonyl (C=O) groups is 2. The zero-order valence-corrected chi connectivity index (χ0v) is 17.8. The summed E-state index contributed by atoms with van der Waals surface area (Å²) in [6.45, 7) is 1.09. The van der Waals surface area contributed by atoms with Crippen molar-refractivity contribution >= 4 is 46.6 Å². The van der Waals surface area contributed by atoms with E-state index in [1.165, 1.54) is 17.5 Å². The lowest BCUT2D eigenvalue weighted by molar-refractivity contribution is 0.0954. The van der Waals surface area contributed by atoms with Gasteiger partial charge in [-0.25, -0.2) is 4.98 Å². The molecule has 4 rings (SSSR count). The number of halogens is 1. The molecule has 2 aromatic heterocycles. The van der Waals surface area contributed by atoms with Crippen molar-refractivity contribution in [3.63, 3.8) is 0 Å². The van der Waals surface area contributed by atoms with Crippen molar-refractivity contribution in [1.29, 1.82) is 5.41 Å². The summed E-state index contributed by atoms with van der Waals surface area (Å²) in [6.07, 6.45) is 9.37. The average Bonchev–Trinajstić information content (AvgIpc) is 3.35. The van der Waals surface area contributed by atoms with Gasteiger partial charge in [-0.3, -0.25) is 19.9 Å². The Morgan fingerprint density at radius 1 is 1.19 bits per heavy atom. The maximum Gasteiger partial charge on any atom is 0.289 e. The molecule has 2 amide bonds. The number of ether oxygens (including phenoxy) is 1. The second-order valence-electron chi connectivity index (χ2n) is 6.63. The number of amides is 2. The molecule has 3 N–H and O–H groups in total. The van der Waals surface area contributed by atoms with Crippen molar-refractivity contribution in [3.8, 4) is 0 Å². The van der Waals surface area contributed by atoms with Gasteiger partial charge in [0.1, 0.15) is 17.3 Å². The fraction of sp³-hybridized carbons (Fsp3) is 0.143. The number of pyridine rings is 1. The van der Waals surface area contributed by atoms with E-state index in [2.05, 4.69) is 15.6 Å². The Hall–Kier alpha value is -3.43.